The summed E-state index contributed by atoms with van der Waals surface area (Å²) in [7, 11) is 0. The van der Waals surface area contributed by atoms with Gasteiger partial charge in [-0.3, -0.25) is 0 Å². The molecular weight excluding hydrogens is 348 g/mol. The number of aliphatic hydroxyl groups excluding tert-OH is 1. The molecule has 0 aliphatic carbocycles. The van der Waals surface area contributed by atoms with Gasteiger partial charge in [0.25, 0.3) is 0 Å². The Morgan fingerprint density at radius 1 is 0.893 bits per heavy atom. The van der Waals surface area contributed by atoms with Gasteiger partial charge in [-0.2, -0.15) is 0 Å². The summed E-state index contributed by atoms with van der Waals surface area (Å²) < 4.78 is 6.00. The van der Waals surface area contributed by atoms with Gasteiger partial charge in [0, 0.05) is 5.56 Å². The van der Waals surface area contributed by atoms with E-state index in [1.54, 1.807) is 4.90 Å². The van der Waals surface area contributed by atoms with Crippen LogP contribution in [0.2, 0.25) is 0 Å². The van der Waals surface area contributed by atoms with Crippen molar-refractivity contribution in [3.63, 3.8) is 0 Å². The zero-order chi connectivity index (χ0) is 20.0. The molecule has 0 amide bonds. The van der Waals surface area contributed by atoms with Crippen LogP contribution >= 0.6 is 0 Å². The average Bonchev–Trinajstić information content (AvgIpc) is 2.68. The van der Waals surface area contributed by atoms with Crippen LogP contribution in [0, 0.1) is 0 Å². The molecule has 2 aromatic carbocycles. The summed E-state index contributed by atoms with van der Waals surface area (Å²) in [6.07, 6.45) is -0.432. The lowest BCUT2D eigenvalue weighted by Crippen LogP contribution is -3.28. The van der Waals surface area contributed by atoms with E-state index in [1.165, 1.54) is 16.0 Å². The summed E-state index contributed by atoms with van der Waals surface area (Å²) >= 11 is 0. The second-order valence-corrected chi connectivity index (χ2v) is 9.08. The van der Waals surface area contributed by atoms with E-state index in [0.717, 1.165) is 45.0 Å². The number of hydrogen-bond donors (Lipinski definition) is 3. The third-order valence-electron chi connectivity index (χ3n) is 5.61. The number of para-hydroxylation sites is 1. The standard InChI is InChI=1S/C24H34N2O2/c1-24(2,3)22-11-7-8-12-23(22)28-19-21(27)18-26-15-13-25(14-16-26)17-20-9-5-4-6-10-20/h4-12,21,27H,13-19H2,1-3H3/p+2/t21-/m0/s1. The number of piperazine rings is 1. The highest BCUT2D eigenvalue weighted by Gasteiger charge is 2.25. The van der Waals surface area contributed by atoms with Crippen molar-refractivity contribution in [3.8, 4) is 5.75 Å². The predicted molar refractivity (Wildman–Crippen MR) is 113 cm³/mol. The van der Waals surface area contributed by atoms with Gasteiger partial charge in [0.05, 0.1) is 0 Å². The second-order valence-electron chi connectivity index (χ2n) is 9.08. The van der Waals surface area contributed by atoms with E-state index < -0.39 is 6.10 Å². The van der Waals surface area contributed by atoms with Gasteiger partial charge in [-0.15, -0.1) is 0 Å². The van der Waals surface area contributed by atoms with Crippen LogP contribution in [-0.4, -0.2) is 50.5 Å². The lowest BCUT2D eigenvalue weighted by Gasteiger charge is -2.31. The molecule has 1 heterocycles. The topological polar surface area (TPSA) is 38.3 Å². The van der Waals surface area contributed by atoms with Crippen molar-refractivity contribution in [2.75, 3.05) is 39.3 Å². The molecular formula is C24H36N2O2+2. The monoisotopic (exact) mass is 384 g/mol. The maximum Gasteiger partial charge on any atom is 0.137 e. The van der Waals surface area contributed by atoms with Crippen LogP contribution in [0.15, 0.2) is 54.6 Å². The summed E-state index contributed by atoms with van der Waals surface area (Å²) in [6.45, 7) is 13.3. The van der Waals surface area contributed by atoms with Crippen molar-refractivity contribution >= 4 is 0 Å². The molecule has 4 heteroatoms. The largest absolute Gasteiger partial charge is 0.490 e. The van der Waals surface area contributed by atoms with E-state index in [0.29, 0.717) is 6.61 Å². The van der Waals surface area contributed by atoms with Gasteiger partial charge in [0.15, 0.2) is 0 Å². The molecule has 28 heavy (non-hydrogen) atoms. The minimum atomic E-state index is -0.432. The van der Waals surface area contributed by atoms with Crippen molar-refractivity contribution in [2.45, 2.75) is 38.8 Å². The summed E-state index contributed by atoms with van der Waals surface area (Å²) in [6, 6.07) is 18.9. The van der Waals surface area contributed by atoms with E-state index in [-0.39, 0.29) is 5.41 Å². The molecule has 0 spiro atoms. The minimum Gasteiger partial charge on any atom is -0.490 e. The summed E-state index contributed by atoms with van der Waals surface area (Å²) in [5, 5.41) is 10.5. The van der Waals surface area contributed by atoms with Crippen molar-refractivity contribution in [1.29, 1.82) is 0 Å². The number of aliphatic hydroxyl groups is 1. The fourth-order valence-corrected chi connectivity index (χ4v) is 4.01. The molecule has 3 N–H and O–H groups in total. The zero-order valence-electron chi connectivity index (χ0n) is 17.6. The highest BCUT2D eigenvalue weighted by Crippen LogP contribution is 2.30. The third kappa shape index (κ3) is 6.06. The van der Waals surface area contributed by atoms with Crippen LogP contribution in [-0.2, 0) is 12.0 Å². The molecule has 0 unspecified atom stereocenters. The molecule has 1 fully saturated rings. The van der Waals surface area contributed by atoms with Crippen LogP contribution in [0.1, 0.15) is 31.9 Å². The Bertz CT molecular complexity index is 719. The summed E-state index contributed by atoms with van der Waals surface area (Å²) in [4.78, 5) is 3.12. The van der Waals surface area contributed by atoms with E-state index in [1.807, 2.05) is 18.2 Å². The molecule has 3 rings (SSSR count). The second kappa shape index (κ2) is 9.55. The van der Waals surface area contributed by atoms with E-state index in [9.17, 15) is 5.11 Å². The van der Waals surface area contributed by atoms with Crippen LogP contribution < -0.4 is 14.5 Å². The van der Waals surface area contributed by atoms with Gasteiger partial charge in [0.2, 0.25) is 0 Å². The molecule has 0 aromatic heterocycles. The van der Waals surface area contributed by atoms with Crippen LogP contribution in [0.25, 0.3) is 0 Å². The van der Waals surface area contributed by atoms with Crippen molar-refractivity contribution in [1.82, 2.24) is 0 Å². The molecule has 1 aliphatic heterocycles. The first kappa shape index (κ1) is 20.8. The number of ether oxygens (including phenoxy) is 1. The van der Waals surface area contributed by atoms with Crippen LogP contribution in [0.4, 0.5) is 0 Å². The minimum absolute atomic E-state index is 0.0324. The average molecular weight is 385 g/mol. The third-order valence-corrected chi connectivity index (χ3v) is 5.61. The van der Waals surface area contributed by atoms with Gasteiger partial charge in [-0.05, 0) is 17.0 Å². The first-order chi connectivity index (χ1) is 13.4. The lowest BCUT2D eigenvalue weighted by atomic mass is 9.86. The Labute approximate surface area is 169 Å². The maximum absolute atomic E-state index is 10.5. The lowest BCUT2D eigenvalue weighted by molar-refractivity contribution is -1.02. The molecule has 1 saturated heterocycles. The van der Waals surface area contributed by atoms with Crippen molar-refractivity contribution in [3.05, 3.63) is 65.7 Å². The van der Waals surface area contributed by atoms with Gasteiger partial charge in [-0.1, -0.05) is 69.3 Å². The van der Waals surface area contributed by atoms with Crippen molar-refractivity contribution in [2.24, 2.45) is 0 Å². The number of quaternary nitrogens is 2. The maximum atomic E-state index is 10.5. The van der Waals surface area contributed by atoms with Gasteiger partial charge in [-0.25, -0.2) is 0 Å². The number of rotatable bonds is 7. The number of benzene rings is 2. The number of hydrogen-bond acceptors (Lipinski definition) is 2. The normalized spacial score (nSPS) is 21.3. The first-order valence-corrected chi connectivity index (χ1v) is 10.5. The predicted octanol–water partition coefficient (Wildman–Crippen LogP) is 0.707. The molecule has 1 atom stereocenters. The molecule has 4 nitrogen and oxygen atoms in total. The van der Waals surface area contributed by atoms with Crippen molar-refractivity contribution < 1.29 is 19.6 Å². The zero-order valence-corrected chi connectivity index (χ0v) is 17.6. The molecule has 152 valence electrons. The molecule has 2 aromatic rings. The smallest absolute Gasteiger partial charge is 0.137 e. The Morgan fingerprint density at radius 3 is 2.18 bits per heavy atom. The quantitative estimate of drug-likeness (QED) is 0.658. The Balaban J connectivity index is 1.42. The highest BCUT2D eigenvalue weighted by atomic mass is 16.5. The van der Waals surface area contributed by atoms with Crippen LogP contribution in [0.3, 0.4) is 0 Å². The SMILES string of the molecule is CC(C)(C)c1ccccc1OC[C@@H](O)C[NH+]1CC[NH+](Cc2ccccc2)CC1. The first-order valence-electron chi connectivity index (χ1n) is 10.5. The van der Waals surface area contributed by atoms with Crippen LogP contribution in [0.5, 0.6) is 5.75 Å². The fraction of sp³-hybridized carbons (Fsp3) is 0.500. The van der Waals surface area contributed by atoms with Gasteiger partial charge in [0.1, 0.15) is 57.7 Å². The van der Waals surface area contributed by atoms with Gasteiger partial charge < -0.3 is 19.6 Å². The fourth-order valence-electron chi connectivity index (χ4n) is 4.01. The molecule has 0 saturated carbocycles. The van der Waals surface area contributed by atoms with E-state index in [2.05, 4.69) is 57.2 Å². The van der Waals surface area contributed by atoms with E-state index in [4.69, 9.17) is 4.74 Å². The Morgan fingerprint density at radius 2 is 1.50 bits per heavy atom. The van der Waals surface area contributed by atoms with Gasteiger partial charge >= 0.3 is 0 Å². The highest BCUT2D eigenvalue weighted by molar-refractivity contribution is 5.38. The molecule has 0 radical (unpaired) electrons. The summed E-state index contributed by atoms with van der Waals surface area (Å²) in [5.41, 5.74) is 2.63. The summed E-state index contributed by atoms with van der Waals surface area (Å²) in [5.74, 6) is 0.890. The number of nitrogens with one attached hydrogen (secondary N) is 2. The molecule has 0 bridgehead atoms. The van der Waals surface area contributed by atoms with E-state index >= 15 is 0 Å². The Hall–Kier alpha value is -1.88. The molecule has 1 aliphatic rings. The Kier molecular flexibility index (Phi) is 7.11.